The Labute approximate surface area is 160 Å². The van der Waals surface area contributed by atoms with Crippen molar-refractivity contribution in [2.75, 3.05) is 12.4 Å². The SMILES string of the molecule is COc1cncc(Oc2cnc(/N=C\N)c(C(=O)Nc3cccc(F)n3)c2)c1.[HH]. The van der Waals surface area contributed by atoms with Crippen LogP contribution in [-0.2, 0) is 0 Å². The molecule has 10 heteroatoms. The highest BCUT2D eigenvalue weighted by Crippen LogP contribution is 2.27. The first-order valence-corrected chi connectivity index (χ1v) is 7.94. The third kappa shape index (κ3) is 4.55. The average Bonchev–Trinajstić information content (AvgIpc) is 2.69. The standard InChI is InChI=1S/C18H15FN6O3.H2/c1-27-11-5-12(8-21-7-11)28-13-6-14(17(22-9-13)23-10-20)18(26)25-16-4-2-3-15(19)24-16;/h2-10H,1H3,(H2,20,22,23)(H,24,25,26);1H. The lowest BCUT2D eigenvalue weighted by atomic mass is 10.2. The first-order chi connectivity index (χ1) is 13.6. The first kappa shape index (κ1) is 18.7. The number of nitrogens with zero attached hydrogens (tertiary/aromatic N) is 4. The molecular weight excluding hydrogens is 367 g/mol. The number of carbonyl (C=O) groups is 1. The summed E-state index contributed by atoms with van der Waals surface area (Å²) in [5.74, 6) is -0.0922. The zero-order valence-corrected chi connectivity index (χ0v) is 14.7. The number of methoxy groups -OCH3 is 1. The van der Waals surface area contributed by atoms with Crippen molar-refractivity contribution in [3.05, 3.63) is 60.4 Å². The second-order valence-electron chi connectivity index (χ2n) is 5.28. The number of aromatic nitrogens is 3. The highest BCUT2D eigenvalue weighted by atomic mass is 19.1. The highest BCUT2D eigenvalue weighted by molar-refractivity contribution is 6.07. The Morgan fingerprint density at radius 1 is 1.25 bits per heavy atom. The molecule has 0 radical (unpaired) electrons. The molecule has 1 amide bonds. The van der Waals surface area contributed by atoms with Gasteiger partial charge in [0, 0.05) is 7.49 Å². The normalized spacial score (nSPS) is 10.6. The van der Waals surface area contributed by atoms with Gasteiger partial charge >= 0.3 is 0 Å². The van der Waals surface area contributed by atoms with Crippen LogP contribution in [0.5, 0.6) is 17.2 Å². The van der Waals surface area contributed by atoms with Gasteiger partial charge in [0.05, 0.1) is 37.6 Å². The van der Waals surface area contributed by atoms with E-state index in [1.165, 1.54) is 43.9 Å². The van der Waals surface area contributed by atoms with Crippen molar-refractivity contribution in [1.82, 2.24) is 15.0 Å². The van der Waals surface area contributed by atoms with E-state index in [9.17, 15) is 9.18 Å². The van der Waals surface area contributed by atoms with Gasteiger partial charge in [0.15, 0.2) is 5.82 Å². The predicted octanol–water partition coefficient (Wildman–Crippen LogP) is 2.93. The summed E-state index contributed by atoms with van der Waals surface area (Å²) in [6.07, 6.45) is 5.38. The molecule has 0 aliphatic heterocycles. The molecule has 0 bridgehead atoms. The first-order valence-electron chi connectivity index (χ1n) is 7.94. The van der Waals surface area contributed by atoms with Crippen molar-refractivity contribution in [1.29, 1.82) is 0 Å². The van der Waals surface area contributed by atoms with E-state index in [1.54, 1.807) is 6.07 Å². The van der Waals surface area contributed by atoms with E-state index in [-0.39, 0.29) is 24.4 Å². The number of aliphatic imine (C=N–C) groups is 1. The zero-order valence-electron chi connectivity index (χ0n) is 14.7. The van der Waals surface area contributed by atoms with E-state index in [0.717, 1.165) is 12.4 Å². The molecule has 0 aliphatic carbocycles. The number of hydrogen-bond acceptors (Lipinski definition) is 7. The number of rotatable bonds is 6. The van der Waals surface area contributed by atoms with E-state index >= 15 is 0 Å². The van der Waals surface area contributed by atoms with E-state index in [4.69, 9.17) is 15.2 Å². The summed E-state index contributed by atoms with van der Waals surface area (Å²) >= 11 is 0. The molecule has 3 aromatic rings. The van der Waals surface area contributed by atoms with Crippen molar-refractivity contribution in [2.24, 2.45) is 10.7 Å². The number of pyridine rings is 3. The summed E-state index contributed by atoms with van der Waals surface area (Å²) in [7, 11) is 1.50. The Kier molecular flexibility index (Phi) is 5.70. The van der Waals surface area contributed by atoms with Gasteiger partial charge in [0.1, 0.15) is 23.1 Å². The number of nitrogens with two attached hydrogens (primary N) is 1. The van der Waals surface area contributed by atoms with Crippen molar-refractivity contribution in [2.45, 2.75) is 0 Å². The van der Waals surface area contributed by atoms with Gasteiger partial charge in [0.25, 0.3) is 5.91 Å². The van der Waals surface area contributed by atoms with E-state index in [2.05, 4.69) is 25.3 Å². The van der Waals surface area contributed by atoms with Crippen molar-refractivity contribution in [3.8, 4) is 17.2 Å². The van der Waals surface area contributed by atoms with Gasteiger partial charge < -0.3 is 20.5 Å². The number of ether oxygens (including phenoxy) is 2. The maximum absolute atomic E-state index is 13.2. The molecule has 0 aromatic carbocycles. The smallest absolute Gasteiger partial charge is 0.260 e. The van der Waals surface area contributed by atoms with Crippen LogP contribution in [0.2, 0.25) is 0 Å². The molecule has 3 heterocycles. The molecule has 0 spiro atoms. The molecule has 0 fully saturated rings. The topological polar surface area (TPSA) is 125 Å². The van der Waals surface area contributed by atoms with Crippen LogP contribution in [0.15, 0.2) is 53.9 Å². The number of anilines is 1. The van der Waals surface area contributed by atoms with Crippen LogP contribution in [-0.4, -0.2) is 34.3 Å². The zero-order chi connectivity index (χ0) is 19.9. The molecule has 3 aromatic heterocycles. The summed E-state index contributed by atoms with van der Waals surface area (Å²) in [5.41, 5.74) is 5.37. The number of amides is 1. The van der Waals surface area contributed by atoms with Gasteiger partial charge in [-0.15, -0.1) is 0 Å². The molecule has 0 saturated heterocycles. The Hall–Kier alpha value is -4.08. The molecule has 144 valence electrons. The third-order valence-electron chi connectivity index (χ3n) is 3.40. The molecule has 28 heavy (non-hydrogen) atoms. The van der Waals surface area contributed by atoms with Gasteiger partial charge in [-0.25, -0.2) is 15.0 Å². The highest BCUT2D eigenvalue weighted by Gasteiger charge is 2.16. The second kappa shape index (κ2) is 8.54. The fourth-order valence-corrected chi connectivity index (χ4v) is 2.20. The van der Waals surface area contributed by atoms with Crippen LogP contribution in [0.1, 0.15) is 11.8 Å². The summed E-state index contributed by atoms with van der Waals surface area (Å²) in [5, 5.41) is 2.47. The van der Waals surface area contributed by atoms with E-state index in [1.807, 2.05) is 0 Å². The van der Waals surface area contributed by atoms with Crippen molar-refractivity contribution in [3.63, 3.8) is 0 Å². The molecular formula is C18H17FN6O3. The minimum atomic E-state index is -0.723. The van der Waals surface area contributed by atoms with Gasteiger partial charge in [-0.3, -0.25) is 9.78 Å². The van der Waals surface area contributed by atoms with Gasteiger partial charge in [-0.05, 0) is 18.2 Å². The number of carbonyl (C=O) groups excluding carboxylic acids is 1. The van der Waals surface area contributed by atoms with Crippen LogP contribution in [0, 0.1) is 5.95 Å². The monoisotopic (exact) mass is 384 g/mol. The molecule has 0 saturated carbocycles. The van der Waals surface area contributed by atoms with E-state index in [0.29, 0.717) is 11.5 Å². The van der Waals surface area contributed by atoms with Crippen LogP contribution < -0.4 is 20.5 Å². The fourth-order valence-electron chi connectivity index (χ4n) is 2.20. The lowest BCUT2D eigenvalue weighted by Crippen LogP contribution is -2.14. The third-order valence-corrected chi connectivity index (χ3v) is 3.40. The van der Waals surface area contributed by atoms with Gasteiger partial charge in [0.2, 0.25) is 5.95 Å². The Morgan fingerprint density at radius 2 is 2.04 bits per heavy atom. The minimum absolute atomic E-state index is 0. The van der Waals surface area contributed by atoms with Crippen molar-refractivity contribution >= 4 is 23.9 Å². The van der Waals surface area contributed by atoms with Crippen LogP contribution in [0.25, 0.3) is 0 Å². The van der Waals surface area contributed by atoms with Crippen LogP contribution in [0.4, 0.5) is 16.0 Å². The maximum Gasteiger partial charge on any atom is 0.260 e. The molecule has 9 nitrogen and oxygen atoms in total. The Balaban J connectivity index is 0.00000300. The lowest BCUT2D eigenvalue weighted by molar-refractivity contribution is 0.102. The van der Waals surface area contributed by atoms with Gasteiger partial charge in [-0.2, -0.15) is 4.39 Å². The molecule has 0 aliphatic rings. The van der Waals surface area contributed by atoms with Crippen LogP contribution in [0.3, 0.4) is 0 Å². The summed E-state index contributed by atoms with van der Waals surface area (Å²) in [4.78, 5) is 28.1. The van der Waals surface area contributed by atoms with E-state index < -0.39 is 11.9 Å². The average molecular weight is 384 g/mol. The Bertz CT molecular complexity index is 1030. The molecule has 3 rings (SSSR count). The number of halogens is 1. The van der Waals surface area contributed by atoms with Crippen molar-refractivity contribution < 1.29 is 20.1 Å². The number of hydrogen-bond donors (Lipinski definition) is 2. The maximum atomic E-state index is 13.2. The second-order valence-corrected chi connectivity index (χ2v) is 5.28. The summed E-state index contributed by atoms with van der Waals surface area (Å²) in [6.45, 7) is 0. The molecule has 0 atom stereocenters. The molecule has 0 unspecified atom stereocenters. The largest absolute Gasteiger partial charge is 0.495 e. The fraction of sp³-hybridized carbons (Fsp3) is 0.0556. The van der Waals surface area contributed by atoms with Gasteiger partial charge in [-0.1, -0.05) is 6.07 Å². The number of nitrogens with one attached hydrogen (secondary N) is 1. The summed E-state index contributed by atoms with van der Waals surface area (Å²) in [6, 6.07) is 7.07. The molecule has 3 N–H and O–H groups in total. The van der Waals surface area contributed by atoms with Crippen LogP contribution >= 0.6 is 0 Å². The lowest BCUT2D eigenvalue weighted by Gasteiger charge is -2.10. The summed E-state index contributed by atoms with van der Waals surface area (Å²) < 4.78 is 24.0. The minimum Gasteiger partial charge on any atom is -0.495 e. The Morgan fingerprint density at radius 3 is 2.79 bits per heavy atom. The predicted molar refractivity (Wildman–Crippen MR) is 102 cm³/mol. The quantitative estimate of drug-likeness (QED) is 0.380.